The smallest absolute Gasteiger partial charge is 0.146 e. The molecule has 1 aliphatic heterocycles. The van der Waals surface area contributed by atoms with E-state index in [1.165, 1.54) is 6.07 Å². The van der Waals surface area contributed by atoms with E-state index >= 15 is 0 Å². The van der Waals surface area contributed by atoms with E-state index in [4.69, 9.17) is 0 Å². The molecule has 0 atom stereocenters. The van der Waals surface area contributed by atoms with Gasteiger partial charge in [0.05, 0.1) is 5.69 Å². The van der Waals surface area contributed by atoms with Crippen molar-refractivity contribution in [3.8, 4) is 0 Å². The van der Waals surface area contributed by atoms with Gasteiger partial charge in [0, 0.05) is 32.7 Å². The van der Waals surface area contributed by atoms with E-state index in [9.17, 15) is 4.39 Å². The molecule has 0 bridgehead atoms. The van der Waals surface area contributed by atoms with Crippen molar-refractivity contribution >= 4 is 5.69 Å². The van der Waals surface area contributed by atoms with Gasteiger partial charge in [-0.2, -0.15) is 0 Å². The first-order valence-electron chi connectivity index (χ1n) is 5.81. The van der Waals surface area contributed by atoms with Crippen LogP contribution in [0.3, 0.4) is 0 Å². The normalized spacial score (nSPS) is 17.8. The molecule has 1 heterocycles. The van der Waals surface area contributed by atoms with Crippen LogP contribution in [0, 0.1) is 12.2 Å². The van der Waals surface area contributed by atoms with E-state index in [-0.39, 0.29) is 5.82 Å². The highest BCUT2D eigenvalue weighted by Gasteiger charge is 2.18. The summed E-state index contributed by atoms with van der Waals surface area (Å²) in [6.07, 6.45) is 2.17. The Morgan fingerprint density at radius 3 is 2.50 bits per heavy atom. The molecular weight excluding hydrogens is 203 g/mol. The van der Waals surface area contributed by atoms with Crippen molar-refractivity contribution < 1.29 is 4.39 Å². The number of rotatable bonds is 3. The van der Waals surface area contributed by atoms with Gasteiger partial charge in [0.1, 0.15) is 5.82 Å². The molecule has 0 unspecified atom stereocenters. The molecule has 0 saturated carbocycles. The van der Waals surface area contributed by atoms with Crippen molar-refractivity contribution in [2.45, 2.75) is 6.92 Å². The quantitative estimate of drug-likeness (QED) is 0.772. The number of para-hydroxylation sites is 1. The molecule has 1 fully saturated rings. The fourth-order valence-electron chi connectivity index (χ4n) is 2.14. The number of hydrogen-bond donors (Lipinski definition) is 0. The highest BCUT2D eigenvalue weighted by atomic mass is 19.1. The second-order valence-corrected chi connectivity index (χ2v) is 4.15. The molecule has 0 N–H and O–H groups in total. The molecule has 16 heavy (non-hydrogen) atoms. The van der Waals surface area contributed by atoms with Crippen molar-refractivity contribution in [1.82, 2.24) is 4.90 Å². The van der Waals surface area contributed by atoms with E-state index in [0.717, 1.165) is 38.4 Å². The first-order valence-corrected chi connectivity index (χ1v) is 5.81. The van der Waals surface area contributed by atoms with Crippen molar-refractivity contribution in [2.24, 2.45) is 0 Å². The third-order valence-corrected chi connectivity index (χ3v) is 3.01. The van der Waals surface area contributed by atoms with Crippen molar-refractivity contribution in [1.29, 1.82) is 0 Å². The van der Waals surface area contributed by atoms with Gasteiger partial charge < -0.3 is 4.90 Å². The van der Waals surface area contributed by atoms with Gasteiger partial charge in [-0.05, 0) is 18.6 Å². The summed E-state index contributed by atoms with van der Waals surface area (Å²) in [5, 5.41) is 0. The number of benzene rings is 1. The largest absolute Gasteiger partial charge is 0.367 e. The number of piperazine rings is 1. The summed E-state index contributed by atoms with van der Waals surface area (Å²) in [6, 6.07) is 7.02. The Balaban J connectivity index is 1.96. The molecule has 1 radical (unpaired) electrons. The lowest BCUT2D eigenvalue weighted by Gasteiger charge is -2.36. The van der Waals surface area contributed by atoms with Crippen molar-refractivity contribution in [3.05, 3.63) is 36.5 Å². The van der Waals surface area contributed by atoms with Crippen LogP contribution in [0.25, 0.3) is 0 Å². The fraction of sp³-hybridized carbons (Fsp3) is 0.462. The van der Waals surface area contributed by atoms with E-state index in [1.807, 2.05) is 12.1 Å². The maximum absolute atomic E-state index is 13.6. The van der Waals surface area contributed by atoms with Crippen LogP contribution >= 0.6 is 0 Å². The van der Waals surface area contributed by atoms with Gasteiger partial charge >= 0.3 is 0 Å². The maximum atomic E-state index is 13.6. The standard InChI is InChI=1S/C13H18FN2/c1-2-7-15-8-10-16(11-9-15)13-6-4-3-5-12(13)14/h2-6H,7-11H2,1H3. The summed E-state index contributed by atoms with van der Waals surface area (Å²) >= 11 is 0. The second kappa shape index (κ2) is 5.30. The zero-order valence-corrected chi connectivity index (χ0v) is 9.69. The van der Waals surface area contributed by atoms with Crippen LogP contribution in [0.5, 0.6) is 0 Å². The topological polar surface area (TPSA) is 6.48 Å². The molecule has 3 heteroatoms. The summed E-state index contributed by atoms with van der Waals surface area (Å²) in [5.41, 5.74) is 0.739. The molecular formula is C13H18FN2. The number of hydrogen-bond acceptors (Lipinski definition) is 2. The zero-order valence-electron chi connectivity index (χ0n) is 9.69. The zero-order chi connectivity index (χ0) is 11.4. The van der Waals surface area contributed by atoms with Gasteiger partial charge in [-0.25, -0.2) is 4.39 Å². The van der Waals surface area contributed by atoms with Crippen LogP contribution in [-0.2, 0) is 0 Å². The van der Waals surface area contributed by atoms with Crippen molar-refractivity contribution in [2.75, 3.05) is 37.6 Å². The SMILES string of the molecule is C[CH]CN1CCN(c2ccccc2F)CC1. The molecule has 0 spiro atoms. The van der Waals surface area contributed by atoms with Crippen LogP contribution in [-0.4, -0.2) is 37.6 Å². The van der Waals surface area contributed by atoms with Gasteiger partial charge in [0.25, 0.3) is 0 Å². The minimum Gasteiger partial charge on any atom is -0.367 e. The Kier molecular flexibility index (Phi) is 3.78. The van der Waals surface area contributed by atoms with E-state index in [0.29, 0.717) is 0 Å². The highest BCUT2D eigenvalue weighted by Crippen LogP contribution is 2.19. The van der Waals surface area contributed by atoms with Gasteiger partial charge in [-0.3, -0.25) is 4.90 Å². The predicted octanol–water partition coefficient (Wildman–Crippen LogP) is 2.17. The summed E-state index contributed by atoms with van der Waals surface area (Å²) in [6.45, 7) is 6.95. The predicted molar refractivity (Wildman–Crippen MR) is 65.0 cm³/mol. The Labute approximate surface area is 96.7 Å². The van der Waals surface area contributed by atoms with Gasteiger partial charge in [0.15, 0.2) is 0 Å². The summed E-state index contributed by atoms with van der Waals surface area (Å²) in [5.74, 6) is -0.113. The molecule has 1 aromatic carbocycles. The van der Waals surface area contributed by atoms with Gasteiger partial charge in [-0.1, -0.05) is 19.1 Å². The van der Waals surface area contributed by atoms with E-state index in [2.05, 4.69) is 23.1 Å². The van der Waals surface area contributed by atoms with Crippen LogP contribution in [0.15, 0.2) is 24.3 Å². The number of halogens is 1. The third kappa shape index (κ3) is 2.53. The fourth-order valence-corrected chi connectivity index (χ4v) is 2.14. The minimum absolute atomic E-state index is 0.113. The third-order valence-electron chi connectivity index (χ3n) is 3.01. The lowest BCUT2D eigenvalue weighted by atomic mass is 10.2. The molecule has 0 aliphatic carbocycles. The van der Waals surface area contributed by atoms with Crippen LogP contribution in [0.4, 0.5) is 10.1 Å². The molecule has 0 aromatic heterocycles. The Morgan fingerprint density at radius 1 is 1.19 bits per heavy atom. The monoisotopic (exact) mass is 221 g/mol. The summed E-state index contributed by atoms with van der Waals surface area (Å²) in [7, 11) is 0. The second-order valence-electron chi connectivity index (χ2n) is 4.15. The van der Waals surface area contributed by atoms with Gasteiger partial charge in [-0.15, -0.1) is 0 Å². The molecule has 2 nitrogen and oxygen atoms in total. The van der Waals surface area contributed by atoms with Crippen LogP contribution in [0.1, 0.15) is 6.92 Å². The lowest BCUT2D eigenvalue weighted by molar-refractivity contribution is 0.276. The van der Waals surface area contributed by atoms with Crippen LogP contribution in [0.2, 0.25) is 0 Å². The minimum atomic E-state index is -0.113. The first-order chi connectivity index (χ1) is 7.81. The molecule has 1 aliphatic rings. The molecule has 87 valence electrons. The summed E-state index contributed by atoms with van der Waals surface area (Å²) in [4.78, 5) is 4.51. The Hall–Kier alpha value is -1.09. The van der Waals surface area contributed by atoms with Gasteiger partial charge in [0.2, 0.25) is 0 Å². The average molecular weight is 221 g/mol. The molecule has 0 amide bonds. The number of nitrogens with zero attached hydrogens (tertiary/aromatic N) is 2. The highest BCUT2D eigenvalue weighted by molar-refractivity contribution is 5.47. The Bertz CT molecular complexity index is 332. The van der Waals surface area contributed by atoms with E-state index in [1.54, 1.807) is 6.07 Å². The molecule has 1 saturated heterocycles. The number of anilines is 1. The summed E-state index contributed by atoms with van der Waals surface area (Å²) < 4.78 is 13.6. The maximum Gasteiger partial charge on any atom is 0.146 e. The van der Waals surface area contributed by atoms with Crippen molar-refractivity contribution in [3.63, 3.8) is 0 Å². The van der Waals surface area contributed by atoms with E-state index < -0.39 is 0 Å². The first kappa shape index (κ1) is 11.4. The molecule has 2 rings (SSSR count). The average Bonchev–Trinajstić information content (AvgIpc) is 2.31. The van der Waals surface area contributed by atoms with Crippen LogP contribution < -0.4 is 4.90 Å². The lowest BCUT2D eigenvalue weighted by Crippen LogP contribution is -2.46. The molecule has 1 aromatic rings. The Morgan fingerprint density at radius 2 is 1.88 bits per heavy atom.